The van der Waals surface area contributed by atoms with Gasteiger partial charge in [-0.15, -0.1) is 0 Å². The van der Waals surface area contributed by atoms with E-state index in [1.165, 1.54) is 89.9 Å². The third-order valence-corrected chi connectivity index (χ3v) is 7.08. The molecule has 1 atom stereocenters. The van der Waals surface area contributed by atoms with Crippen molar-refractivity contribution in [3.8, 4) is 0 Å². The van der Waals surface area contributed by atoms with Crippen LogP contribution in [-0.4, -0.2) is 24.6 Å². The van der Waals surface area contributed by atoms with E-state index in [9.17, 15) is 9.59 Å². The predicted molar refractivity (Wildman–Crippen MR) is 153 cm³/mol. The molecule has 0 aliphatic heterocycles. The van der Waals surface area contributed by atoms with Crippen molar-refractivity contribution in [2.45, 2.75) is 187 Å². The van der Waals surface area contributed by atoms with E-state index >= 15 is 0 Å². The van der Waals surface area contributed by atoms with Crippen LogP contribution < -0.4 is 0 Å². The van der Waals surface area contributed by atoms with Crippen molar-refractivity contribution in [3.05, 3.63) is 0 Å². The standard InChI is InChI=1S/C32H62O4/c1-4-7-10-13-14-15-16-17-18-19-20-21-23-24-27-30(32(34)35-29-26-12-9-6-3)36-31(33)28-25-22-11-8-5-2/h30H,4-29H2,1-3H3. The molecule has 0 aliphatic carbocycles. The number of carbonyl (C=O) groups excluding carboxylic acids is 2. The number of unbranched alkanes of at least 4 members (excludes halogenated alkanes) is 20. The molecule has 36 heavy (non-hydrogen) atoms. The van der Waals surface area contributed by atoms with Crippen LogP contribution in [0.15, 0.2) is 0 Å². The molecule has 0 aliphatic rings. The second kappa shape index (κ2) is 28.5. The fourth-order valence-electron chi connectivity index (χ4n) is 4.63. The lowest BCUT2D eigenvalue weighted by Gasteiger charge is -2.17. The number of carbonyl (C=O) groups is 2. The third kappa shape index (κ3) is 24.6. The van der Waals surface area contributed by atoms with E-state index < -0.39 is 6.10 Å². The minimum Gasteiger partial charge on any atom is -0.463 e. The van der Waals surface area contributed by atoms with E-state index in [2.05, 4.69) is 20.8 Å². The van der Waals surface area contributed by atoms with Crippen molar-refractivity contribution in [1.29, 1.82) is 0 Å². The van der Waals surface area contributed by atoms with Gasteiger partial charge in [-0.05, 0) is 25.7 Å². The van der Waals surface area contributed by atoms with Crippen molar-refractivity contribution in [3.63, 3.8) is 0 Å². The van der Waals surface area contributed by atoms with Gasteiger partial charge in [0.15, 0.2) is 6.10 Å². The minimum absolute atomic E-state index is 0.246. The lowest BCUT2D eigenvalue weighted by Crippen LogP contribution is -2.29. The maximum atomic E-state index is 12.6. The van der Waals surface area contributed by atoms with Gasteiger partial charge in [0.2, 0.25) is 0 Å². The smallest absolute Gasteiger partial charge is 0.347 e. The van der Waals surface area contributed by atoms with Crippen LogP contribution in [0.1, 0.15) is 181 Å². The van der Waals surface area contributed by atoms with Crippen molar-refractivity contribution in [1.82, 2.24) is 0 Å². The van der Waals surface area contributed by atoms with Crippen molar-refractivity contribution >= 4 is 11.9 Å². The first-order valence-corrected chi connectivity index (χ1v) is 16.0. The van der Waals surface area contributed by atoms with Crippen LogP contribution in [0.5, 0.6) is 0 Å². The Morgan fingerprint density at radius 3 is 1.36 bits per heavy atom. The number of esters is 2. The topological polar surface area (TPSA) is 52.6 Å². The van der Waals surface area contributed by atoms with E-state index in [1.54, 1.807) is 0 Å². The highest BCUT2D eigenvalue weighted by atomic mass is 16.6. The van der Waals surface area contributed by atoms with Crippen LogP contribution in [0.3, 0.4) is 0 Å². The summed E-state index contributed by atoms with van der Waals surface area (Å²) in [5, 5.41) is 0. The van der Waals surface area contributed by atoms with Crippen molar-refractivity contribution in [2.24, 2.45) is 0 Å². The summed E-state index contributed by atoms with van der Waals surface area (Å²) in [6.07, 6.45) is 28.2. The second-order valence-corrected chi connectivity index (χ2v) is 10.8. The molecule has 0 aromatic rings. The summed E-state index contributed by atoms with van der Waals surface area (Å²) in [5.41, 5.74) is 0. The fraction of sp³-hybridized carbons (Fsp3) is 0.938. The van der Waals surface area contributed by atoms with Gasteiger partial charge < -0.3 is 9.47 Å². The Kier molecular flexibility index (Phi) is 27.7. The molecular formula is C32H62O4. The monoisotopic (exact) mass is 510 g/mol. The highest BCUT2D eigenvalue weighted by Crippen LogP contribution is 2.16. The Hall–Kier alpha value is -1.06. The molecule has 0 radical (unpaired) electrons. The Labute approximate surface area is 225 Å². The van der Waals surface area contributed by atoms with Crippen molar-refractivity contribution < 1.29 is 19.1 Å². The largest absolute Gasteiger partial charge is 0.463 e. The van der Waals surface area contributed by atoms with Crippen molar-refractivity contribution in [2.75, 3.05) is 6.61 Å². The average molecular weight is 511 g/mol. The van der Waals surface area contributed by atoms with E-state index in [0.717, 1.165) is 57.8 Å². The second-order valence-electron chi connectivity index (χ2n) is 10.8. The first-order chi connectivity index (χ1) is 17.7. The molecule has 4 nitrogen and oxygen atoms in total. The molecule has 0 aromatic carbocycles. The van der Waals surface area contributed by atoms with E-state index in [0.29, 0.717) is 19.4 Å². The quantitative estimate of drug-likeness (QED) is 0.0775. The summed E-state index contributed by atoms with van der Waals surface area (Å²) in [4.78, 5) is 24.9. The van der Waals surface area contributed by atoms with Crippen LogP contribution in [0.25, 0.3) is 0 Å². The lowest BCUT2D eigenvalue weighted by atomic mass is 10.0. The Balaban J connectivity index is 4.04. The van der Waals surface area contributed by atoms with Crippen LogP contribution >= 0.6 is 0 Å². The fourth-order valence-corrected chi connectivity index (χ4v) is 4.63. The lowest BCUT2D eigenvalue weighted by molar-refractivity contribution is -0.168. The molecule has 0 saturated carbocycles. The summed E-state index contributed by atoms with van der Waals surface area (Å²) in [6.45, 7) is 7.06. The molecule has 0 N–H and O–H groups in total. The molecular weight excluding hydrogens is 448 g/mol. The van der Waals surface area contributed by atoms with E-state index in [4.69, 9.17) is 9.47 Å². The van der Waals surface area contributed by atoms with Gasteiger partial charge in [-0.1, -0.05) is 149 Å². The molecule has 4 heteroatoms. The van der Waals surface area contributed by atoms with Gasteiger partial charge in [-0.2, -0.15) is 0 Å². The van der Waals surface area contributed by atoms with Crippen LogP contribution in [0.4, 0.5) is 0 Å². The summed E-state index contributed by atoms with van der Waals surface area (Å²) >= 11 is 0. The first-order valence-electron chi connectivity index (χ1n) is 16.0. The maximum Gasteiger partial charge on any atom is 0.347 e. The van der Waals surface area contributed by atoms with Gasteiger partial charge in [-0.25, -0.2) is 4.79 Å². The number of ether oxygens (including phenoxy) is 2. The summed E-state index contributed by atoms with van der Waals surface area (Å²) < 4.78 is 11.1. The zero-order chi connectivity index (χ0) is 26.5. The van der Waals surface area contributed by atoms with Gasteiger partial charge in [-0.3, -0.25) is 4.79 Å². The zero-order valence-electron chi connectivity index (χ0n) is 24.6. The maximum absolute atomic E-state index is 12.6. The Morgan fingerprint density at radius 1 is 0.500 bits per heavy atom. The molecule has 0 spiro atoms. The molecule has 1 unspecified atom stereocenters. The van der Waals surface area contributed by atoms with Gasteiger partial charge in [0.25, 0.3) is 0 Å². The molecule has 214 valence electrons. The van der Waals surface area contributed by atoms with Gasteiger partial charge >= 0.3 is 11.9 Å². The van der Waals surface area contributed by atoms with E-state index in [-0.39, 0.29) is 11.9 Å². The SMILES string of the molecule is CCCCCCCCCCCCCCCCC(OC(=O)CCCCCCC)C(=O)OCCCCCC. The summed E-state index contributed by atoms with van der Waals surface area (Å²) in [7, 11) is 0. The average Bonchev–Trinajstić information content (AvgIpc) is 2.87. The van der Waals surface area contributed by atoms with Crippen LogP contribution in [0, 0.1) is 0 Å². The van der Waals surface area contributed by atoms with Crippen LogP contribution in [-0.2, 0) is 19.1 Å². The molecule has 0 bridgehead atoms. The van der Waals surface area contributed by atoms with Gasteiger partial charge in [0.05, 0.1) is 6.61 Å². The highest BCUT2D eigenvalue weighted by Gasteiger charge is 2.24. The zero-order valence-corrected chi connectivity index (χ0v) is 24.6. The van der Waals surface area contributed by atoms with Gasteiger partial charge in [0, 0.05) is 6.42 Å². The molecule has 0 rings (SSSR count). The predicted octanol–water partition coefficient (Wildman–Crippen LogP) is 10.3. The Morgan fingerprint density at radius 2 is 0.889 bits per heavy atom. The highest BCUT2D eigenvalue weighted by molar-refractivity contribution is 5.79. The molecule has 0 aromatic heterocycles. The van der Waals surface area contributed by atoms with E-state index in [1.807, 2.05) is 0 Å². The summed E-state index contributed by atoms with van der Waals surface area (Å²) in [5.74, 6) is -0.592. The van der Waals surface area contributed by atoms with Crippen LogP contribution in [0.2, 0.25) is 0 Å². The number of hydrogen-bond acceptors (Lipinski definition) is 4. The Bertz CT molecular complexity index is 477. The first kappa shape index (κ1) is 34.9. The molecule has 0 heterocycles. The number of rotatable bonds is 28. The minimum atomic E-state index is -0.725. The molecule has 0 saturated heterocycles. The normalized spacial score (nSPS) is 12.0. The third-order valence-electron chi connectivity index (χ3n) is 7.08. The van der Waals surface area contributed by atoms with Gasteiger partial charge in [0.1, 0.15) is 0 Å². The molecule has 0 fully saturated rings. The summed E-state index contributed by atoms with van der Waals surface area (Å²) in [6, 6.07) is 0. The number of hydrogen-bond donors (Lipinski definition) is 0. The molecule has 0 amide bonds.